The average Bonchev–Trinajstić information content (AvgIpc) is 2.47. The summed E-state index contributed by atoms with van der Waals surface area (Å²) in [7, 11) is 0. The molecule has 0 unspecified atom stereocenters. The summed E-state index contributed by atoms with van der Waals surface area (Å²) < 4.78 is 6.11. The maximum atomic E-state index is 6.11. The summed E-state index contributed by atoms with van der Waals surface area (Å²) in [5.74, 6) is 0.973. The molecule has 0 spiro atoms. The monoisotopic (exact) mass is 236 g/mol. The number of hydrogen-bond acceptors (Lipinski definition) is 1. The van der Waals surface area contributed by atoms with Crippen LogP contribution in [0.1, 0.15) is 36.1 Å². The predicted octanol–water partition coefficient (Wildman–Crippen LogP) is 4.67. The molecule has 2 aromatic rings. The van der Waals surface area contributed by atoms with Gasteiger partial charge in [0.25, 0.3) is 0 Å². The summed E-state index contributed by atoms with van der Waals surface area (Å²) in [6.45, 7) is 2.16. The first-order valence-corrected chi connectivity index (χ1v) is 6.41. The van der Waals surface area contributed by atoms with Crippen molar-refractivity contribution in [2.45, 2.75) is 19.4 Å². The van der Waals surface area contributed by atoms with Gasteiger partial charge in [-0.1, -0.05) is 61.5 Å². The fraction of sp³-hybridized carbons (Fsp3) is 0.176. The van der Waals surface area contributed by atoms with Crippen LogP contribution in [0.15, 0.2) is 54.6 Å². The molecule has 0 amide bonds. The Morgan fingerprint density at radius 1 is 0.944 bits per heavy atom. The first-order valence-electron chi connectivity index (χ1n) is 6.41. The van der Waals surface area contributed by atoms with Crippen LogP contribution in [0.4, 0.5) is 0 Å². The van der Waals surface area contributed by atoms with Gasteiger partial charge >= 0.3 is 0 Å². The van der Waals surface area contributed by atoms with Crippen LogP contribution in [0.3, 0.4) is 0 Å². The lowest BCUT2D eigenvalue weighted by atomic mass is 9.96. The molecule has 0 fully saturated rings. The van der Waals surface area contributed by atoms with Gasteiger partial charge in [-0.25, -0.2) is 0 Å². The van der Waals surface area contributed by atoms with Crippen molar-refractivity contribution < 1.29 is 4.74 Å². The first-order chi connectivity index (χ1) is 8.88. The maximum Gasteiger partial charge on any atom is 0.128 e. The minimum absolute atomic E-state index is 0.168. The van der Waals surface area contributed by atoms with E-state index in [4.69, 9.17) is 4.74 Å². The second-order valence-corrected chi connectivity index (χ2v) is 4.52. The molecule has 1 heteroatoms. The number of rotatable bonds is 2. The molecule has 1 heterocycles. The van der Waals surface area contributed by atoms with Gasteiger partial charge < -0.3 is 4.74 Å². The van der Waals surface area contributed by atoms with E-state index in [-0.39, 0.29) is 6.10 Å². The van der Waals surface area contributed by atoms with Gasteiger partial charge in [-0.05, 0) is 23.6 Å². The maximum absolute atomic E-state index is 6.11. The van der Waals surface area contributed by atoms with Crippen LogP contribution in [0.25, 0.3) is 11.8 Å². The molecule has 0 N–H and O–H groups in total. The highest BCUT2D eigenvalue weighted by Crippen LogP contribution is 2.36. The molecular weight excluding hydrogens is 220 g/mol. The quantitative estimate of drug-likeness (QED) is 0.736. The van der Waals surface area contributed by atoms with E-state index in [1.165, 1.54) is 11.1 Å². The Kier molecular flexibility index (Phi) is 2.89. The molecular formula is C17H16O. The number of benzene rings is 2. The molecule has 0 saturated carbocycles. The molecule has 3 rings (SSSR count). The Bertz CT molecular complexity index is 569. The molecule has 1 aliphatic rings. The van der Waals surface area contributed by atoms with E-state index < -0.39 is 0 Å². The molecule has 0 bridgehead atoms. The lowest BCUT2D eigenvalue weighted by molar-refractivity contribution is 0.163. The SMILES string of the molecule is CC[C@@H]1OC(c2ccccc2)=Cc2ccccc21. The van der Waals surface area contributed by atoms with Crippen LogP contribution >= 0.6 is 0 Å². The Balaban J connectivity index is 2.07. The molecule has 2 aromatic carbocycles. The third-order valence-electron chi connectivity index (χ3n) is 3.33. The Morgan fingerprint density at radius 3 is 2.44 bits per heavy atom. The number of ether oxygens (including phenoxy) is 1. The third kappa shape index (κ3) is 1.92. The van der Waals surface area contributed by atoms with E-state index in [2.05, 4.69) is 49.4 Å². The molecule has 0 aromatic heterocycles. The van der Waals surface area contributed by atoms with Gasteiger partial charge in [-0.15, -0.1) is 0 Å². The topological polar surface area (TPSA) is 9.23 Å². The highest BCUT2D eigenvalue weighted by molar-refractivity contribution is 5.80. The second kappa shape index (κ2) is 4.69. The van der Waals surface area contributed by atoms with Crippen LogP contribution < -0.4 is 0 Å². The molecule has 18 heavy (non-hydrogen) atoms. The lowest BCUT2D eigenvalue weighted by Gasteiger charge is -2.26. The molecule has 0 aliphatic carbocycles. The van der Waals surface area contributed by atoms with Gasteiger partial charge in [0.05, 0.1) is 0 Å². The van der Waals surface area contributed by atoms with Gasteiger partial charge in [0.2, 0.25) is 0 Å². The normalized spacial score (nSPS) is 17.6. The first kappa shape index (κ1) is 11.1. The third-order valence-corrected chi connectivity index (χ3v) is 3.33. The van der Waals surface area contributed by atoms with Crippen LogP contribution in [-0.4, -0.2) is 0 Å². The fourth-order valence-corrected chi connectivity index (χ4v) is 2.38. The minimum Gasteiger partial charge on any atom is -0.485 e. The fourth-order valence-electron chi connectivity index (χ4n) is 2.38. The molecule has 1 nitrogen and oxygen atoms in total. The summed E-state index contributed by atoms with van der Waals surface area (Å²) in [4.78, 5) is 0. The van der Waals surface area contributed by atoms with E-state index in [1.807, 2.05) is 18.2 Å². The summed E-state index contributed by atoms with van der Waals surface area (Å²) in [6, 6.07) is 18.8. The lowest BCUT2D eigenvalue weighted by Crippen LogP contribution is -2.09. The van der Waals surface area contributed by atoms with Crippen molar-refractivity contribution in [1.82, 2.24) is 0 Å². The molecule has 90 valence electrons. The van der Waals surface area contributed by atoms with Crippen molar-refractivity contribution in [2.24, 2.45) is 0 Å². The number of hydrogen-bond donors (Lipinski definition) is 0. The van der Waals surface area contributed by atoms with Crippen LogP contribution in [0.2, 0.25) is 0 Å². The summed E-state index contributed by atoms with van der Waals surface area (Å²) >= 11 is 0. The van der Waals surface area contributed by atoms with E-state index in [9.17, 15) is 0 Å². The molecule has 0 saturated heterocycles. The smallest absolute Gasteiger partial charge is 0.128 e. The summed E-state index contributed by atoms with van der Waals surface area (Å²) in [5, 5.41) is 0. The molecule has 1 atom stereocenters. The van der Waals surface area contributed by atoms with Crippen molar-refractivity contribution in [1.29, 1.82) is 0 Å². The highest BCUT2D eigenvalue weighted by Gasteiger charge is 2.21. The Morgan fingerprint density at radius 2 is 1.67 bits per heavy atom. The zero-order valence-electron chi connectivity index (χ0n) is 10.5. The van der Waals surface area contributed by atoms with E-state index in [0.29, 0.717) is 0 Å². The van der Waals surface area contributed by atoms with Gasteiger partial charge in [-0.3, -0.25) is 0 Å². The average molecular weight is 236 g/mol. The Hall–Kier alpha value is -2.02. The van der Waals surface area contributed by atoms with Crippen molar-refractivity contribution in [3.63, 3.8) is 0 Å². The predicted molar refractivity (Wildman–Crippen MR) is 74.9 cm³/mol. The van der Waals surface area contributed by atoms with E-state index >= 15 is 0 Å². The number of fused-ring (bicyclic) bond motifs is 1. The summed E-state index contributed by atoms with van der Waals surface area (Å²) in [6.07, 6.45) is 3.29. The minimum atomic E-state index is 0.168. The van der Waals surface area contributed by atoms with Crippen molar-refractivity contribution in [3.05, 3.63) is 71.3 Å². The summed E-state index contributed by atoms with van der Waals surface area (Å²) in [5.41, 5.74) is 3.71. The Labute approximate surface area is 108 Å². The van der Waals surface area contributed by atoms with Crippen LogP contribution in [0.5, 0.6) is 0 Å². The van der Waals surface area contributed by atoms with Crippen LogP contribution in [0, 0.1) is 0 Å². The van der Waals surface area contributed by atoms with Crippen molar-refractivity contribution in [2.75, 3.05) is 0 Å². The van der Waals surface area contributed by atoms with Crippen LogP contribution in [-0.2, 0) is 4.74 Å². The van der Waals surface area contributed by atoms with Crippen molar-refractivity contribution in [3.8, 4) is 0 Å². The van der Waals surface area contributed by atoms with Gasteiger partial charge in [0.15, 0.2) is 0 Å². The van der Waals surface area contributed by atoms with E-state index in [1.54, 1.807) is 0 Å². The molecule has 0 radical (unpaired) electrons. The highest BCUT2D eigenvalue weighted by atomic mass is 16.5. The van der Waals surface area contributed by atoms with Gasteiger partial charge in [0.1, 0.15) is 11.9 Å². The van der Waals surface area contributed by atoms with E-state index in [0.717, 1.165) is 17.7 Å². The van der Waals surface area contributed by atoms with Gasteiger partial charge in [0, 0.05) is 5.56 Å². The zero-order valence-corrected chi connectivity index (χ0v) is 10.5. The largest absolute Gasteiger partial charge is 0.485 e. The standard InChI is InChI=1S/C17H16O/c1-2-16-15-11-7-6-10-14(15)12-17(18-16)13-8-4-3-5-9-13/h3-12,16H,2H2,1H3/t16-/m0/s1. The van der Waals surface area contributed by atoms with Gasteiger partial charge in [-0.2, -0.15) is 0 Å². The van der Waals surface area contributed by atoms with Crippen molar-refractivity contribution >= 4 is 11.8 Å². The second-order valence-electron chi connectivity index (χ2n) is 4.52. The molecule has 1 aliphatic heterocycles. The zero-order chi connectivity index (χ0) is 12.4.